The Bertz CT molecular complexity index is 285. The molecule has 14 heavy (non-hydrogen) atoms. The molecule has 1 aliphatic rings. The largest absolute Gasteiger partial charge is 0.379 e. The lowest BCUT2D eigenvalue weighted by atomic mass is 10.1. The fourth-order valence-corrected chi connectivity index (χ4v) is 1.70. The van der Waals surface area contributed by atoms with E-state index >= 15 is 0 Å². The molecule has 1 N–H and O–H groups in total. The van der Waals surface area contributed by atoms with Crippen molar-refractivity contribution in [1.29, 1.82) is 0 Å². The fraction of sp³-hybridized carbons (Fsp3) is 0.556. The summed E-state index contributed by atoms with van der Waals surface area (Å²) in [6, 6.07) is 0.365. The molecule has 0 aromatic carbocycles. The summed E-state index contributed by atoms with van der Waals surface area (Å²) in [5, 5.41) is 3.26. The monoisotopic (exact) mass is 305 g/mol. The predicted octanol–water partition coefficient (Wildman–Crippen LogP) is 1.67. The lowest BCUT2D eigenvalue weighted by molar-refractivity contribution is 0.0874. The van der Waals surface area contributed by atoms with Crippen LogP contribution < -0.4 is 5.32 Å². The molecule has 1 unspecified atom stereocenters. The molecule has 1 fully saturated rings. The van der Waals surface area contributed by atoms with Crippen molar-refractivity contribution in [3.8, 4) is 0 Å². The molecule has 2 heterocycles. The second-order valence-corrected chi connectivity index (χ2v) is 4.53. The maximum atomic E-state index is 5.36. The minimum Gasteiger partial charge on any atom is -0.379 e. The average Bonchev–Trinajstić information content (AvgIpc) is 2.23. The van der Waals surface area contributed by atoms with E-state index in [0.29, 0.717) is 12.0 Å². The van der Waals surface area contributed by atoms with Crippen molar-refractivity contribution >= 4 is 28.5 Å². The second-order valence-electron chi connectivity index (χ2n) is 3.28. The highest BCUT2D eigenvalue weighted by Crippen LogP contribution is 2.11. The molecule has 1 aliphatic heterocycles. The van der Waals surface area contributed by atoms with Gasteiger partial charge in [-0.15, -0.1) is 0 Å². The van der Waals surface area contributed by atoms with Gasteiger partial charge in [-0.2, -0.15) is 0 Å². The first-order valence-electron chi connectivity index (χ1n) is 4.66. The average molecular weight is 305 g/mol. The summed E-state index contributed by atoms with van der Waals surface area (Å²) in [7, 11) is 0. The zero-order chi connectivity index (χ0) is 9.80. The number of ether oxygens (including phenoxy) is 1. The molecule has 1 aromatic heterocycles. The van der Waals surface area contributed by atoms with E-state index in [1.54, 1.807) is 12.4 Å². The van der Waals surface area contributed by atoms with Crippen LogP contribution in [-0.2, 0) is 4.74 Å². The van der Waals surface area contributed by atoms with Crippen molar-refractivity contribution in [2.75, 3.05) is 18.5 Å². The summed E-state index contributed by atoms with van der Waals surface area (Å²) in [4.78, 5) is 8.37. The molecule has 0 spiro atoms. The summed E-state index contributed by atoms with van der Waals surface area (Å²) < 4.78 is 6.41. The second kappa shape index (κ2) is 4.88. The topological polar surface area (TPSA) is 47.0 Å². The number of anilines is 1. The van der Waals surface area contributed by atoms with E-state index in [1.807, 2.05) is 0 Å². The van der Waals surface area contributed by atoms with Gasteiger partial charge in [0.1, 0.15) is 0 Å². The van der Waals surface area contributed by atoms with Gasteiger partial charge in [0.15, 0.2) is 0 Å². The Balaban J connectivity index is 1.92. The van der Waals surface area contributed by atoms with E-state index in [4.69, 9.17) is 4.74 Å². The normalized spacial score (nSPS) is 21.9. The Morgan fingerprint density at radius 3 is 2.86 bits per heavy atom. The molecule has 2 rings (SSSR count). The van der Waals surface area contributed by atoms with Gasteiger partial charge in [-0.1, -0.05) is 0 Å². The van der Waals surface area contributed by atoms with Crippen molar-refractivity contribution < 1.29 is 4.74 Å². The van der Waals surface area contributed by atoms with Crippen LogP contribution in [0.2, 0.25) is 0 Å². The van der Waals surface area contributed by atoms with E-state index in [0.717, 1.165) is 29.6 Å². The number of halogens is 1. The third kappa shape index (κ3) is 2.78. The number of hydrogen-bond acceptors (Lipinski definition) is 4. The van der Waals surface area contributed by atoms with Gasteiger partial charge in [0, 0.05) is 22.6 Å². The lowest BCUT2D eigenvalue weighted by Gasteiger charge is -2.22. The zero-order valence-electron chi connectivity index (χ0n) is 7.74. The van der Waals surface area contributed by atoms with Crippen LogP contribution in [0.15, 0.2) is 12.4 Å². The number of nitrogens with one attached hydrogen (secondary N) is 1. The molecule has 0 saturated carbocycles. The maximum absolute atomic E-state index is 5.36. The summed E-state index contributed by atoms with van der Waals surface area (Å²) in [5.41, 5.74) is 0. The number of hydrogen-bond donors (Lipinski definition) is 1. The molecule has 1 saturated heterocycles. The molecule has 4 nitrogen and oxygen atoms in total. The first-order chi connectivity index (χ1) is 6.84. The molecule has 1 aromatic rings. The van der Waals surface area contributed by atoms with Gasteiger partial charge in [-0.25, -0.2) is 9.97 Å². The van der Waals surface area contributed by atoms with Gasteiger partial charge in [-0.3, -0.25) is 0 Å². The van der Waals surface area contributed by atoms with Crippen LogP contribution in [0.1, 0.15) is 12.8 Å². The van der Waals surface area contributed by atoms with Crippen LogP contribution in [0.5, 0.6) is 0 Å². The summed E-state index contributed by atoms with van der Waals surface area (Å²) in [6.07, 6.45) is 5.86. The smallest absolute Gasteiger partial charge is 0.222 e. The number of nitrogens with zero attached hydrogens (tertiary/aromatic N) is 2. The Morgan fingerprint density at radius 1 is 1.43 bits per heavy atom. The highest BCUT2D eigenvalue weighted by atomic mass is 127. The lowest BCUT2D eigenvalue weighted by Crippen LogP contribution is -2.30. The Hall–Kier alpha value is -0.430. The van der Waals surface area contributed by atoms with E-state index < -0.39 is 0 Å². The quantitative estimate of drug-likeness (QED) is 0.845. The van der Waals surface area contributed by atoms with E-state index in [1.165, 1.54) is 0 Å². The number of aromatic nitrogens is 2. The number of rotatable bonds is 2. The molecular weight excluding hydrogens is 293 g/mol. The summed E-state index contributed by atoms with van der Waals surface area (Å²) in [6.45, 7) is 1.64. The molecule has 5 heteroatoms. The first kappa shape index (κ1) is 10.1. The Kier molecular flexibility index (Phi) is 3.52. The van der Waals surface area contributed by atoms with Gasteiger partial charge >= 0.3 is 0 Å². The highest BCUT2D eigenvalue weighted by molar-refractivity contribution is 14.1. The Labute approximate surface area is 96.6 Å². The third-order valence-corrected chi connectivity index (χ3v) is 2.67. The van der Waals surface area contributed by atoms with E-state index in [2.05, 4.69) is 37.9 Å². The van der Waals surface area contributed by atoms with Crippen LogP contribution in [0.3, 0.4) is 0 Å². The van der Waals surface area contributed by atoms with Gasteiger partial charge in [0.25, 0.3) is 0 Å². The van der Waals surface area contributed by atoms with Crippen LogP contribution in [0.4, 0.5) is 5.95 Å². The van der Waals surface area contributed by atoms with Crippen LogP contribution >= 0.6 is 22.6 Å². The fourth-order valence-electron chi connectivity index (χ4n) is 1.42. The van der Waals surface area contributed by atoms with Crippen molar-refractivity contribution in [3.05, 3.63) is 16.0 Å². The van der Waals surface area contributed by atoms with Gasteiger partial charge in [0.05, 0.1) is 12.6 Å². The molecule has 76 valence electrons. The molecule has 0 amide bonds. The first-order valence-corrected chi connectivity index (χ1v) is 5.74. The molecular formula is C9H12IN3O. The molecule has 0 radical (unpaired) electrons. The third-order valence-electron chi connectivity index (χ3n) is 2.11. The molecule has 1 atom stereocenters. The van der Waals surface area contributed by atoms with E-state index in [-0.39, 0.29) is 0 Å². The van der Waals surface area contributed by atoms with Gasteiger partial charge < -0.3 is 10.1 Å². The van der Waals surface area contributed by atoms with Crippen molar-refractivity contribution in [2.24, 2.45) is 0 Å². The maximum Gasteiger partial charge on any atom is 0.222 e. The minimum absolute atomic E-state index is 0.365. The van der Waals surface area contributed by atoms with Crippen LogP contribution in [-0.4, -0.2) is 29.2 Å². The summed E-state index contributed by atoms with van der Waals surface area (Å²) >= 11 is 2.19. The van der Waals surface area contributed by atoms with Gasteiger partial charge in [-0.05, 0) is 35.4 Å². The van der Waals surface area contributed by atoms with Crippen LogP contribution in [0.25, 0.3) is 0 Å². The zero-order valence-corrected chi connectivity index (χ0v) is 9.90. The highest BCUT2D eigenvalue weighted by Gasteiger charge is 2.13. The SMILES string of the molecule is Ic1cnc(NC2CCCOC2)nc1. The van der Waals surface area contributed by atoms with E-state index in [9.17, 15) is 0 Å². The molecule has 0 bridgehead atoms. The van der Waals surface area contributed by atoms with Crippen LogP contribution in [0, 0.1) is 3.57 Å². The predicted molar refractivity (Wildman–Crippen MR) is 62.2 cm³/mol. The van der Waals surface area contributed by atoms with Gasteiger partial charge in [0.2, 0.25) is 5.95 Å². The summed E-state index contributed by atoms with van der Waals surface area (Å²) in [5.74, 6) is 0.695. The standard InChI is InChI=1S/C9H12IN3O/c10-7-4-11-9(12-5-7)13-8-2-1-3-14-6-8/h4-5,8H,1-3,6H2,(H,11,12,13). The van der Waals surface area contributed by atoms with Crippen molar-refractivity contribution in [2.45, 2.75) is 18.9 Å². The van der Waals surface area contributed by atoms with Crippen molar-refractivity contribution in [1.82, 2.24) is 9.97 Å². The Morgan fingerprint density at radius 2 is 2.21 bits per heavy atom. The molecule has 0 aliphatic carbocycles. The van der Waals surface area contributed by atoms with Crippen molar-refractivity contribution in [3.63, 3.8) is 0 Å². The minimum atomic E-state index is 0.365.